The molecule has 1 aliphatic rings. The van der Waals surface area contributed by atoms with Crippen LogP contribution in [0.1, 0.15) is 11.5 Å². The molecule has 7 nitrogen and oxygen atoms in total. The van der Waals surface area contributed by atoms with Gasteiger partial charge in [0.15, 0.2) is 5.16 Å². The fourth-order valence-corrected chi connectivity index (χ4v) is 4.23. The number of carbonyl (C=O) groups excluding carboxylic acids is 1. The van der Waals surface area contributed by atoms with Gasteiger partial charge < -0.3 is 14.2 Å². The van der Waals surface area contributed by atoms with Crippen molar-refractivity contribution in [2.24, 2.45) is 7.05 Å². The van der Waals surface area contributed by atoms with Gasteiger partial charge in [0, 0.05) is 49.2 Å². The molecule has 0 spiro atoms. The van der Waals surface area contributed by atoms with Gasteiger partial charge in [0.25, 0.3) is 0 Å². The number of carbonyl (C=O) groups is 1. The Morgan fingerprint density at radius 2 is 1.93 bits per heavy atom. The molecule has 0 unspecified atom stereocenters. The van der Waals surface area contributed by atoms with E-state index in [1.165, 1.54) is 11.8 Å². The monoisotopic (exact) mass is 431 g/mol. The Bertz CT molecular complexity index is 979. The summed E-state index contributed by atoms with van der Waals surface area (Å²) < 4.78 is 9.39. The summed E-state index contributed by atoms with van der Waals surface area (Å²) in [5, 5.41) is 10.2. The molecule has 29 heavy (non-hydrogen) atoms. The predicted molar refractivity (Wildman–Crippen MR) is 113 cm³/mol. The van der Waals surface area contributed by atoms with Crippen molar-refractivity contribution in [3.05, 3.63) is 59.1 Å². The second-order valence-corrected chi connectivity index (χ2v) is 8.16. The van der Waals surface area contributed by atoms with E-state index in [2.05, 4.69) is 20.8 Å². The first-order valence-corrected chi connectivity index (χ1v) is 10.8. The van der Waals surface area contributed by atoms with Crippen LogP contribution in [0.15, 0.2) is 47.8 Å². The van der Waals surface area contributed by atoms with Crippen LogP contribution in [0.4, 0.5) is 0 Å². The van der Waals surface area contributed by atoms with E-state index in [-0.39, 0.29) is 5.91 Å². The lowest BCUT2D eigenvalue weighted by molar-refractivity contribution is -0.132. The van der Waals surface area contributed by atoms with Crippen LogP contribution >= 0.6 is 23.4 Å². The summed E-state index contributed by atoms with van der Waals surface area (Å²) in [4.78, 5) is 14.4. The standard InChI is InChI=1S/C20H22ClN5O2S/c1-24-8-2-3-17(24)13-18-22-23-20(26(18)16-6-4-15(21)5-7-16)29-14-19(27)25-9-11-28-12-10-25/h2-8H,9-14H2,1H3. The van der Waals surface area contributed by atoms with Crippen molar-refractivity contribution in [3.8, 4) is 5.69 Å². The van der Waals surface area contributed by atoms with Gasteiger partial charge >= 0.3 is 0 Å². The summed E-state index contributed by atoms with van der Waals surface area (Å²) in [7, 11) is 2.01. The Morgan fingerprint density at radius 1 is 1.17 bits per heavy atom. The maximum absolute atomic E-state index is 12.5. The summed E-state index contributed by atoms with van der Waals surface area (Å²) in [5.74, 6) is 1.22. The van der Waals surface area contributed by atoms with Gasteiger partial charge in [-0.1, -0.05) is 23.4 Å². The molecule has 152 valence electrons. The molecule has 0 atom stereocenters. The Hall–Kier alpha value is -2.29. The molecular weight excluding hydrogens is 410 g/mol. The maximum atomic E-state index is 12.5. The Balaban J connectivity index is 1.58. The van der Waals surface area contributed by atoms with Crippen LogP contribution in [-0.4, -0.2) is 62.2 Å². The molecule has 4 rings (SSSR count). The fraction of sp³-hybridized carbons (Fsp3) is 0.350. The normalized spacial score (nSPS) is 14.3. The number of amides is 1. The number of morpholine rings is 1. The minimum Gasteiger partial charge on any atom is -0.378 e. The summed E-state index contributed by atoms with van der Waals surface area (Å²) in [6.07, 6.45) is 2.64. The Labute approximate surface area is 178 Å². The quantitative estimate of drug-likeness (QED) is 0.561. The molecule has 1 amide bonds. The lowest BCUT2D eigenvalue weighted by atomic mass is 10.2. The molecular formula is C20H22ClN5O2S. The third-order valence-corrected chi connectivity index (χ3v) is 6.03. The van der Waals surface area contributed by atoms with Crippen molar-refractivity contribution in [3.63, 3.8) is 0 Å². The molecule has 0 N–H and O–H groups in total. The van der Waals surface area contributed by atoms with Crippen molar-refractivity contribution in [1.82, 2.24) is 24.2 Å². The van der Waals surface area contributed by atoms with E-state index >= 15 is 0 Å². The van der Waals surface area contributed by atoms with Crippen LogP contribution in [0.25, 0.3) is 5.69 Å². The second kappa shape index (κ2) is 9.02. The summed E-state index contributed by atoms with van der Waals surface area (Å²) in [5.41, 5.74) is 2.05. The molecule has 0 bridgehead atoms. The molecule has 1 aliphatic heterocycles. The van der Waals surface area contributed by atoms with E-state index in [4.69, 9.17) is 16.3 Å². The highest BCUT2D eigenvalue weighted by atomic mass is 35.5. The maximum Gasteiger partial charge on any atom is 0.233 e. The number of aromatic nitrogens is 4. The number of aryl methyl sites for hydroxylation is 1. The molecule has 0 radical (unpaired) electrons. The van der Waals surface area contributed by atoms with Crippen molar-refractivity contribution in [2.75, 3.05) is 32.1 Å². The summed E-state index contributed by atoms with van der Waals surface area (Å²) >= 11 is 7.47. The largest absolute Gasteiger partial charge is 0.378 e. The van der Waals surface area contributed by atoms with Gasteiger partial charge in [0.2, 0.25) is 5.91 Å². The lowest BCUT2D eigenvalue weighted by Gasteiger charge is -2.26. The molecule has 1 saturated heterocycles. The van der Waals surface area contributed by atoms with Gasteiger partial charge in [0.05, 0.1) is 19.0 Å². The highest BCUT2D eigenvalue weighted by Gasteiger charge is 2.20. The van der Waals surface area contributed by atoms with E-state index in [1.54, 1.807) is 0 Å². The van der Waals surface area contributed by atoms with E-state index in [9.17, 15) is 4.79 Å². The van der Waals surface area contributed by atoms with Crippen LogP contribution in [0.5, 0.6) is 0 Å². The minimum absolute atomic E-state index is 0.0907. The van der Waals surface area contributed by atoms with Crippen LogP contribution in [0, 0.1) is 0 Å². The fourth-order valence-electron chi connectivity index (χ4n) is 3.23. The van der Waals surface area contributed by atoms with Crippen LogP contribution < -0.4 is 0 Å². The molecule has 3 heterocycles. The van der Waals surface area contributed by atoms with Crippen LogP contribution in [-0.2, 0) is 23.0 Å². The van der Waals surface area contributed by atoms with Crippen molar-refractivity contribution in [1.29, 1.82) is 0 Å². The highest BCUT2D eigenvalue weighted by Crippen LogP contribution is 2.25. The van der Waals surface area contributed by atoms with Crippen LogP contribution in [0.3, 0.4) is 0 Å². The number of ether oxygens (including phenoxy) is 1. The highest BCUT2D eigenvalue weighted by molar-refractivity contribution is 7.99. The predicted octanol–water partition coefficient (Wildman–Crippen LogP) is 2.80. The van der Waals surface area contributed by atoms with E-state index in [0.717, 1.165) is 17.2 Å². The van der Waals surface area contributed by atoms with Crippen molar-refractivity contribution < 1.29 is 9.53 Å². The van der Waals surface area contributed by atoms with Crippen LogP contribution in [0.2, 0.25) is 5.02 Å². The third kappa shape index (κ3) is 4.66. The first kappa shape index (κ1) is 20.0. The topological polar surface area (TPSA) is 65.2 Å². The number of benzene rings is 1. The Kier molecular flexibility index (Phi) is 6.22. The summed E-state index contributed by atoms with van der Waals surface area (Å²) in [6.45, 7) is 2.47. The van der Waals surface area contributed by atoms with Gasteiger partial charge in [0.1, 0.15) is 5.82 Å². The number of halogens is 1. The molecule has 0 aliphatic carbocycles. The molecule has 2 aromatic heterocycles. The van der Waals surface area contributed by atoms with Gasteiger partial charge in [-0.3, -0.25) is 9.36 Å². The van der Waals surface area contributed by atoms with Gasteiger partial charge in [-0.25, -0.2) is 0 Å². The zero-order chi connectivity index (χ0) is 20.2. The number of hydrogen-bond donors (Lipinski definition) is 0. The lowest BCUT2D eigenvalue weighted by Crippen LogP contribution is -2.41. The van der Waals surface area contributed by atoms with E-state index in [0.29, 0.717) is 48.7 Å². The molecule has 0 saturated carbocycles. The number of rotatable bonds is 6. The van der Waals surface area contributed by atoms with Crippen molar-refractivity contribution in [2.45, 2.75) is 11.6 Å². The zero-order valence-electron chi connectivity index (χ0n) is 16.1. The van der Waals surface area contributed by atoms with Gasteiger partial charge in [-0.05, 0) is 36.4 Å². The number of hydrogen-bond acceptors (Lipinski definition) is 5. The average Bonchev–Trinajstić information content (AvgIpc) is 3.34. The minimum atomic E-state index is 0.0907. The van der Waals surface area contributed by atoms with E-state index in [1.807, 2.05) is 53.0 Å². The second-order valence-electron chi connectivity index (χ2n) is 6.78. The third-order valence-electron chi connectivity index (χ3n) is 4.86. The van der Waals surface area contributed by atoms with Crippen molar-refractivity contribution >= 4 is 29.3 Å². The zero-order valence-corrected chi connectivity index (χ0v) is 17.7. The first-order chi connectivity index (χ1) is 14.1. The first-order valence-electron chi connectivity index (χ1n) is 9.40. The van der Waals surface area contributed by atoms with E-state index < -0.39 is 0 Å². The number of nitrogens with zero attached hydrogens (tertiary/aromatic N) is 5. The Morgan fingerprint density at radius 3 is 2.62 bits per heavy atom. The van der Waals surface area contributed by atoms with Gasteiger partial charge in [-0.2, -0.15) is 0 Å². The SMILES string of the molecule is Cn1cccc1Cc1nnc(SCC(=O)N2CCOCC2)n1-c1ccc(Cl)cc1. The summed E-state index contributed by atoms with van der Waals surface area (Å²) in [6, 6.07) is 11.6. The number of thioether (sulfide) groups is 1. The molecule has 9 heteroatoms. The smallest absolute Gasteiger partial charge is 0.233 e. The van der Waals surface area contributed by atoms with Gasteiger partial charge in [-0.15, -0.1) is 10.2 Å². The average molecular weight is 432 g/mol. The molecule has 1 aromatic carbocycles. The molecule has 3 aromatic rings. The molecule has 1 fully saturated rings.